The van der Waals surface area contributed by atoms with Crippen molar-refractivity contribution in [1.82, 2.24) is 9.88 Å². The highest BCUT2D eigenvalue weighted by molar-refractivity contribution is 6.32. The van der Waals surface area contributed by atoms with Crippen molar-refractivity contribution in [3.05, 3.63) is 47.0 Å². The Morgan fingerprint density at radius 2 is 1.81 bits per heavy atom. The minimum Gasteiger partial charge on any atom is -0.464 e. The van der Waals surface area contributed by atoms with Crippen LogP contribution < -0.4 is 5.32 Å². The van der Waals surface area contributed by atoms with Crippen LogP contribution in [0.3, 0.4) is 0 Å². The molecule has 3 rings (SSSR count). The van der Waals surface area contributed by atoms with Gasteiger partial charge in [-0.05, 0) is 30.7 Å². The van der Waals surface area contributed by atoms with Gasteiger partial charge in [0.15, 0.2) is 0 Å². The van der Waals surface area contributed by atoms with E-state index in [4.69, 9.17) is 44.5 Å². The fourth-order valence-electron chi connectivity index (χ4n) is 3.48. The zero-order valence-corrected chi connectivity index (χ0v) is 19.7. The first-order valence-electron chi connectivity index (χ1n) is 10.3. The molecule has 1 N–H and O–H groups in total. The second-order valence-electron chi connectivity index (χ2n) is 7.19. The molecule has 0 radical (unpaired) electrons. The molecule has 0 aliphatic carbocycles. The molecule has 1 aromatic heterocycles. The fourth-order valence-corrected chi connectivity index (χ4v) is 4.12. The second-order valence-corrected chi connectivity index (χ2v) is 8.35. The van der Waals surface area contributed by atoms with Gasteiger partial charge in [-0.2, -0.15) is 0 Å². The molecule has 8 heteroatoms. The van der Waals surface area contributed by atoms with E-state index in [1.807, 2.05) is 43.3 Å². The topological polar surface area (TPSA) is 54.5 Å². The quantitative estimate of drug-likeness (QED) is 0.223. The van der Waals surface area contributed by atoms with Crippen molar-refractivity contribution in [2.45, 2.75) is 13.3 Å². The molecule has 0 saturated carbocycles. The van der Waals surface area contributed by atoms with Gasteiger partial charge in [0.05, 0.1) is 23.1 Å². The first kappa shape index (κ1) is 23.9. The number of anilines is 1. The molecular formula is C23H26Cl3N3O2. The average molecular weight is 483 g/mol. The van der Waals surface area contributed by atoms with Crippen LogP contribution in [-0.2, 0) is 9.53 Å². The van der Waals surface area contributed by atoms with Crippen LogP contribution in [0.25, 0.3) is 21.8 Å². The third kappa shape index (κ3) is 6.13. The van der Waals surface area contributed by atoms with Crippen molar-refractivity contribution in [3.8, 4) is 0 Å². The van der Waals surface area contributed by atoms with Crippen LogP contribution in [0.5, 0.6) is 0 Å². The number of nitrogens with one attached hydrogen (secondary N) is 1. The highest BCUT2D eigenvalue weighted by Gasteiger charge is 2.13. The Balaban J connectivity index is 1.65. The number of hydrogen-bond donors (Lipinski definition) is 1. The van der Waals surface area contributed by atoms with Gasteiger partial charge in [-0.3, -0.25) is 9.69 Å². The van der Waals surface area contributed by atoms with Crippen LogP contribution in [0.1, 0.15) is 12.0 Å². The number of pyridine rings is 1. The van der Waals surface area contributed by atoms with Gasteiger partial charge < -0.3 is 10.1 Å². The monoisotopic (exact) mass is 481 g/mol. The average Bonchev–Trinajstić information content (AvgIpc) is 2.76. The van der Waals surface area contributed by atoms with E-state index in [1.165, 1.54) is 0 Å². The molecule has 0 aliphatic rings. The molecule has 5 nitrogen and oxygen atoms in total. The Morgan fingerprint density at radius 3 is 2.55 bits per heavy atom. The maximum absolute atomic E-state index is 12.2. The van der Waals surface area contributed by atoms with E-state index in [0.717, 1.165) is 46.1 Å². The maximum atomic E-state index is 12.2. The van der Waals surface area contributed by atoms with Gasteiger partial charge in [0, 0.05) is 53.7 Å². The molecular weight excluding hydrogens is 457 g/mol. The number of hydrogen-bond acceptors (Lipinski definition) is 5. The lowest BCUT2D eigenvalue weighted by Gasteiger charge is -2.19. The number of rotatable bonds is 11. The van der Waals surface area contributed by atoms with Crippen LogP contribution in [0.4, 0.5) is 5.69 Å². The molecule has 3 aromatic rings. The smallest absolute Gasteiger partial charge is 0.307 e. The van der Waals surface area contributed by atoms with Crippen molar-refractivity contribution in [1.29, 1.82) is 0 Å². The third-order valence-corrected chi connectivity index (χ3v) is 5.89. The first-order chi connectivity index (χ1) is 15.0. The van der Waals surface area contributed by atoms with Crippen molar-refractivity contribution < 1.29 is 9.53 Å². The minimum absolute atomic E-state index is 0.244. The lowest BCUT2D eigenvalue weighted by molar-refractivity contribution is -0.143. The van der Waals surface area contributed by atoms with Crippen LogP contribution in [0.2, 0.25) is 5.02 Å². The van der Waals surface area contributed by atoms with E-state index in [1.54, 1.807) is 0 Å². The SMILES string of the molecule is Cc1c(Cl)ccc2c(NCCC(=O)OCCN(CCCl)CCCl)c3ccccc3nc12. The summed E-state index contributed by atoms with van der Waals surface area (Å²) < 4.78 is 5.38. The summed E-state index contributed by atoms with van der Waals surface area (Å²) in [5.74, 6) is 0.798. The fraction of sp³-hybridized carbons (Fsp3) is 0.391. The molecule has 0 bridgehead atoms. The van der Waals surface area contributed by atoms with Crippen LogP contribution in [0, 0.1) is 6.92 Å². The van der Waals surface area contributed by atoms with Crippen molar-refractivity contribution >= 4 is 68.3 Å². The van der Waals surface area contributed by atoms with Gasteiger partial charge in [0.2, 0.25) is 0 Å². The normalized spacial score (nSPS) is 11.4. The van der Waals surface area contributed by atoms with Gasteiger partial charge in [0.25, 0.3) is 0 Å². The summed E-state index contributed by atoms with van der Waals surface area (Å²) in [6.45, 7) is 4.81. The summed E-state index contributed by atoms with van der Waals surface area (Å²) in [6.07, 6.45) is 0.260. The predicted octanol–water partition coefficient (Wildman–Crippen LogP) is 5.47. The second kappa shape index (κ2) is 11.7. The van der Waals surface area contributed by atoms with Gasteiger partial charge in [-0.1, -0.05) is 29.8 Å². The number of carbonyl (C=O) groups excluding carboxylic acids is 1. The van der Waals surface area contributed by atoms with Crippen LogP contribution in [-0.4, -0.2) is 60.4 Å². The van der Waals surface area contributed by atoms with Crippen molar-refractivity contribution in [2.75, 3.05) is 49.9 Å². The summed E-state index contributed by atoms with van der Waals surface area (Å²) in [5.41, 5.74) is 3.62. The summed E-state index contributed by atoms with van der Waals surface area (Å²) in [7, 11) is 0. The van der Waals surface area contributed by atoms with Gasteiger partial charge in [-0.15, -0.1) is 23.2 Å². The number of fused-ring (bicyclic) bond motifs is 2. The summed E-state index contributed by atoms with van der Waals surface area (Å²) in [6, 6.07) is 11.8. The number of aryl methyl sites for hydroxylation is 1. The molecule has 1 heterocycles. The number of alkyl halides is 2. The summed E-state index contributed by atoms with van der Waals surface area (Å²) in [4.78, 5) is 19.1. The van der Waals surface area contributed by atoms with Crippen LogP contribution >= 0.6 is 34.8 Å². The molecule has 166 valence electrons. The van der Waals surface area contributed by atoms with Gasteiger partial charge in [-0.25, -0.2) is 4.98 Å². The maximum Gasteiger partial charge on any atom is 0.307 e. The molecule has 0 spiro atoms. The lowest BCUT2D eigenvalue weighted by atomic mass is 10.0. The third-order valence-electron chi connectivity index (χ3n) is 5.14. The Labute approximate surface area is 197 Å². The van der Waals surface area contributed by atoms with E-state index in [0.29, 0.717) is 36.5 Å². The van der Waals surface area contributed by atoms with E-state index in [9.17, 15) is 4.79 Å². The number of carbonyl (C=O) groups is 1. The zero-order valence-electron chi connectivity index (χ0n) is 17.5. The standard InChI is InChI=1S/C23H26Cl3N3O2/c1-16-19(26)7-6-18-22(16)28-20-5-3-2-4-17(20)23(18)27-11-8-21(30)31-15-14-29(12-9-24)13-10-25/h2-7H,8-15H2,1H3,(H,27,28). The number of esters is 1. The van der Waals surface area contributed by atoms with Crippen LogP contribution in [0.15, 0.2) is 36.4 Å². The predicted molar refractivity (Wildman–Crippen MR) is 131 cm³/mol. The van der Waals surface area contributed by atoms with E-state index in [-0.39, 0.29) is 12.4 Å². The van der Waals surface area contributed by atoms with E-state index < -0.39 is 0 Å². The molecule has 0 amide bonds. The molecule has 0 aliphatic heterocycles. The molecule has 2 aromatic carbocycles. The zero-order chi connectivity index (χ0) is 22.2. The Hall–Kier alpha value is -1.79. The molecule has 0 fully saturated rings. The lowest BCUT2D eigenvalue weighted by Crippen LogP contribution is -2.32. The largest absolute Gasteiger partial charge is 0.464 e. The minimum atomic E-state index is -0.244. The number of benzene rings is 2. The number of para-hydroxylation sites is 1. The number of aromatic nitrogens is 1. The molecule has 0 unspecified atom stereocenters. The number of halogens is 3. The Morgan fingerprint density at radius 1 is 1.06 bits per heavy atom. The number of ether oxygens (including phenoxy) is 1. The Bertz CT molecular complexity index is 1040. The van der Waals surface area contributed by atoms with E-state index in [2.05, 4.69) is 10.2 Å². The molecule has 31 heavy (non-hydrogen) atoms. The van der Waals surface area contributed by atoms with E-state index >= 15 is 0 Å². The highest BCUT2D eigenvalue weighted by Crippen LogP contribution is 2.34. The molecule has 0 atom stereocenters. The highest BCUT2D eigenvalue weighted by atomic mass is 35.5. The summed E-state index contributed by atoms with van der Waals surface area (Å²) in [5, 5.41) is 6.08. The molecule has 0 saturated heterocycles. The van der Waals surface area contributed by atoms with Crippen molar-refractivity contribution in [3.63, 3.8) is 0 Å². The Kier molecular flexibility index (Phi) is 9.02. The number of nitrogens with zero attached hydrogens (tertiary/aromatic N) is 2. The summed E-state index contributed by atoms with van der Waals surface area (Å²) >= 11 is 17.9. The first-order valence-corrected chi connectivity index (χ1v) is 11.7. The van der Waals surface area contributed by atoms with Gasteiger partial charge >= 0.3 is 5.97 Å². The van der Waals surface area contributed by atoms with Crippen molar-refractivity contribution in [2.24, 2.45) is 0 Å². The van der Waals surface area contributed by atoms with Gasteiger partial charge in [0.1, 0.15) is 6.61 Å².